The summed E-state index contributed by atoms with van der Waals surface area (Å²) in [6.45, 7) is 4.22. The summed E-state index contributed by atoms with van der Waals surface area (Å²) in [5.74, 6) is 1.85. The molecule has 1 saturated carbocycles. The van der Waals surface area contributed by atoms with Gasteiger partial charge < -0.3 is 5.32 Å². The quantitative estimate of drug-likeness (QED) is 0.878. The molecule has 2 atom stereocenters. The fourth-order valence-corrected chi connectivity index (χ4v) is 3.84. The number of hydrogen-bond acceptors (Lipinski definition) is 3. The van der Waals surface area contributed by atoms with Crippen molar-refractivity contribution in [3.8, 4) is 0 Å². The molecule has 1 heterocycles. The molecule has 0 radical (unpaired) electrons. The van der Waals surface area contributed by atoms with Gasteiger partial charge in [0, 0.05) is 24.4 Å². The van der Waals surface area contributed by atoms with Crippen molar-refractivity contribution in [1.29, 1.82) is 0 Å². The van der Waals surface area contributed by atoms with Crippen LogP contribution in [0, 0.1) is 0 Å². The number of urea groups is 1. The summed E-state index contributed by atoms with van der Waals surface area (Å²) >= 11 is 1.95. The summed E-state index contributed by atoms with van der Waals surface area (Å²) in [5, 5.41) is 10.9. The van der Waals surface area contributed by atoms with Crippen LogP contribution < -0.4 is 10.6 Å². The second kappa shape index (κ2) is 7.02. The Bertz CT molecular complexity index is 460. The number of carbonyl (C=O) groups is 1. The fourth-order valence-electron chi connectivity index (χ4n) is 2.64. The highest BCUT2D eigenvalue weighted by molar-refractivity contribution is 7.99. The minimum Gasteiger partial charge on any atom is -0.334 e. The molecule has 0 saturated heterocycles. The van der Waals surface area contributed by atoms with Gasteiger partial charge in [0.05, 0.1) is 5.69 Å². The van der Waals surface area contributed by atoms with Crippen molar-refractivity contribution in [3.63, 3.8) is 0 Å². The highest BCUT2D eigenvalue weighted by Gasteiger charge is 2.28. The molecule has 2 rings (SSSR count). The maximum atomic E-state index is 12.1. The van der Waals surface area contributed by atoms with E-state index in [2.05, 4.69) is 29.6 Å². The first-order chi connectivity index (χ1) is 9.63. The highest BCUT2D eigenvalue weighted by atomic mass is 32.2. The van der Waals surface area contributed by atoms with Gasteiger partial charge in [0.1, 0.15) is 5.82 Å². The largest absolute Gasteiger partial charge is 0.334 e. The molecule has 1 aromatic heterocycles. The summed E-state index contributed by atoms with van der Waals surface area (Å²) in [6.07, 6.45) is 4.36. The molecule has 5 nitrogen and oxygen atoms in total. The van der Waals surface area contributed by atoms with Crippen molar-refractivity contribution in [1.82, 2.24) is 15.1 Å². The van der Waals surface area contributed by atoms with Crippen LogP contribution in [-0.2, 0) is 13.5 Å². The molecular formula is C14H24N4OS. The van der Waals surface area contributed by atoms with Crippen molar-refractivity contribution >= 4 is 23.6 Å². The van der Waals surface area contributed by atoms with E-state index in [1.165, 1.54) is 12.8 Å². The highest BCUT2D eigenvalue weighted by Crippen LogP contribution is 2.29. The van der Waals surface area contributed by atoms with E-state index in [0.717, 1.165) is 30.1 Å². The number of anilines is 1. The Morgan fingerprint density at radius 3 is 2.95 bits per heavy atom. The predicted octanol–water partition coefficient (Wildman–Crippen LogP) is 2.78. The lowest BCUT2D eigenvalue weighted by molar-refractivity contribution is 0.248. The molecule has 1 aliphatic carbocycles. The van der Waals surface area contributed by atoms with Gasteiger partial charge in [-0.2, -0.15) is 16.9 Å². The van der Waals surface area contributed by atoms with Crippen LogP contribution in [0.1, 0.15) is 38.8 Å². The van der Waals surface area contributed by atoms with Crippen LogP contribution in [-0.4, -0.2) is 32.9 Å². The van der Waals surface area contributed by atoms with Crippen molar-refractivity contribution in [2.45, 2.75) is 50.8 Å². The van der Waals surface area contributed by atoms with Crippen LogP contribution >= 0.6 is 11.8 Å². The van der Waals surface area contributed by atoms with E-state index in [-0.39, 0.29) is 6.03 Å². The molecule has 112 valence electrons. The van der Waals surface area contributed by atoms with Crippen LogP contribution in [0.2, 0.25) is 0 Å². The summed E-state index contributed by atoms with van der Waals surface area (Å²) < 4.78 is 1.71. The maximum Gasteiger partial charge on any atom is 0.320 e. The van der Waals surface area contributed by atoms with Crippen LogP contribution in [0.25, 0.3) is 0 Å². The van der Waals surface area contributed by atoms with E-state index in [9.17, 15) is 4.79 Å². The number of aryl methyl sites for hydroxylation is 2. The molecule has 2 N–H and O–H groups in total. The van der Waals surface area contributed by atoms with Gasteiger partial charge in [-0.15, -0.1) is 0 Å². The third-order valence-electron chi connectivity index (χ3n) is 3.68. The Balaban J connectivity index is 1.90. The first kappa shape index (κ1) is 15.2. The van der Waals surface area contributed by atoms with E-state index in [1.807, 2.05) is 24.9 Å². The molecule has 0 aliphatic heterocycles. The summed E-state index contributed by atoms with van der Waals surface area (Å²) in [4.78, 5) is 12.1. The Hall–Kier alpha value is -1.17. The molecule has 2 amide bonds. The number of aromatic nitrogens is 2. The summed E-state index contributed by atoms with van der Waals surface area (Å²) in [6, 6.07) is 2.09. The number of nitrogens with zero attached hydrogens (tertiary/aromatic N) is 2. The van der Waals surface area contributed by atoms with Crippen molar-refractivity contribution in [2.75, 3.05) is 11.1 Å². The van der Waals surface area contributed by atoms with Gasteiger partial charge in [-0.25, -0.2) is 4.79 Å². The topological polar surface area (TPSA) is 59.0 Å². The number of hydrogen-bond donors (Lipinski definition) is 2. The molecule has 0 spiro atoms. The Labute approximate surface area is 124 Å². The second-order valence-electron chi connectivity index (χ2n) is 5.13. The van der Waals surface area contributed by atoms with Gasteiger partial charge in [0.15, 0.2) is 0 Å². The van der Waals surface area contributed by atoms with Crippen LogP contribution in [0.5, 0.6) is 0 Å². The SMILES string of the molecule is CCS[C@H]1CCC[C@@H]1NC(=O)Nc1cc(CC)nn1C. The molecule has 6 heteroatoms. The van der Waals surface area contributed by atoms with E-state index < -0.39 is 0 Å². The molecule has 1 aromatic rings. The van der Waals surface area contributed by atoms with Crippen molar-refractivity contribution in [3.05, 3.63) is 11.8 Å². The van der Waals surface area contributed by atoms with Crippen molar-refractivity contribution in [2.24, 2.45) is 7.05 Å². The predicted molar refractivity (Wildman–Crippen MR) is 84.3 cm³/mol. The second-order valence-corrected chi connectivity index (χ2v) is 6.64. The lowest BCUT2D eigenvalue weighted by Crippen LogP contribution is -2.41. The molecule has 1 fully saturated rings. The first-order valence-corrected chi connectivity index (χ1v) is 8.41. The van der Waals surface area contributed by atoms with Crippen LogP contribution in [0.3, 0.4) is 0 Å². The monoisotopic (exact) mass is 296 g/mol. The molecule has 20 heavy (non-hydrogen) atoms. The third kappa shape index (κ3) is 3.69. The van der Waals surface area contributed by atoms with Crippen molar-refractivity contribution < 1.29 is 4.79 Å². The van der Waals surface area contributed by atoms with Gasteiger partial charge in [-0.3, -0.25) is 10.00 Å². The molecule has 0 unspecified atom stereocenters. The van der Waals surface area contributed by atoms with E-state index in [1.54, 1.807) is 4.68 Å². The summed E-state index contributed by atoms with van der Waals surface area (Å²) in [7, 11) is 1.85. The van der Waals surface area contributed by atoms with E-state index >= 15 is 0 Å². The molecule has 0 aromatic carbocycles. The zero-order valence-electron chi connectivity index (χ0n) is 12.5. The van der Waals surface area contributed by atoms with Gasteiger partial charge in [-0.1, -0.05) is 20.3 Å². The van der Waals surface area contributed by atoms with E-state index in [0.29, 0.717) is 11.3 Å². The average Bonchev–Trinajstić information content (AvgIpc) is 2.98. The standard InChI is InChI=1S/C14H24N4OS/c1-4-10-9-13(18(3)17-10)16-14(19)15-11-7-6-8-12(11)20-5-2/h9,11-12H,4-8H2,1-3H3,(H2,15,16,19)/t11-,12-/m0/s1. The Morgan fingerprint density at radius 2 is 2.30 bits per heavy atom. The van der Waals surface area contributed by atoms with Gasteiger partial charge in [0.2, 0.25) is 0 Å². The Morgan fingerprint density at radius 1 is 1.50 bits per heavy atom. The average molecular weight is 296 g/mol. The third-order valence-corrected chi connectivity index (χ3v) is 5.01. The first-order valence-electron chi connectivity index (χ1n) is 7.36. The van der Waals surface area contributed by atoms with Gasteiger partial charge in [0.25, 0.3) is 0 Å². The number of nitrogens with one attached hydrogen (secondary N) is 2. The minimum atomic E-state index is -0.121. The lowest BCUT2D eigenvalue weighted by Gasteiger charge is -2.20. The minimum absolute atomic E-state index is 0.121. The zero-order valence-corrected chi connectivity index (χ0v) is 13.3. The van der Waals surface area contributed by atoms with E-state index in [4.69, 9.17) is 0 Å². The maximum absolute atomic E-state index is 12.1. The molecule has 1 aliphatic rings. The number of thioether (sulfide) groups is 1. The van der Waals surface area contributed by atoms with Crippen LogP contribution in [0.15, 0.2) is 6.07 Å². The summed E-state index contributed by atoms with van der Waals surface area (Å²) in [5.41, 5.74) is 0.989. The number of carbonyl (C=O) groups excluding carboxylic acids is 1. The van der Waals surface area contributed by atoms with Gasteiger partial charge in [-0.05, 0) is 25.0 Å². The van der Waals surface area contributed by atoms with Crippen LogP contribution in [0.4, 0.5) is 10.6 Å². The molecule has 0 bridgehead atoms. The number of rotatable bonds is 5. The van der Waals surface area contributed by atoms with Gasteiger partial charge >= 0.3 is 6.03 Å². The lowest BCUT2D eigenvalue weighted by atomic mass is 10.2. The smallest absolute Gasteiger partial charge is 0.320 e. The zero-order chi connectivity index (χ0) is 14.5. The fraction of sp³-hybridized carbons (Fsp3) is 0.714. The molecular weight excluding hydrogens is 272 g/mol. The number of amides is 2. The Kier molecular flexibility index (Phi) is 5.34. The normalized spacial score (nSPS) is 21.9.